The van der Waals surface area contributed by atoms with Crippen LogP contribution in [0.2, 0.25) is 0 Å². The maximum atomic E-state index is 12.7. The fraction of sp³-hybridized carbons (Fsp3) is 0.448. The summed E-state index contributed by atoms with van der Waals surface area (Å²) in [5.41, 5.74) is 4.44. The van der Waals surface area contributed by atoms with E-state index >= 15 is 0 Å². The summed E-state index contributed by atoms with van der Waals surface area (Å²) in [6, 6.07) is 13.3. The highest BCUT2D eigenvalue weighted by atomic mass is 16.5. The molecule has 2 heterocycles. The second-order valence-electron chi connectivity index (χ2n) is 10.4. The molecule has 2 aromatic carbocycles. The van der Waals surface area contributed by atoms with Crippen LogP contribution in [0, 0.1) is 5.92 Å². The first kappa shape index (κ1) is 25.8. The zero-order valence-electron chi connectivity index (χ0n) is 22.0. The highest BCUT2D eigenvalue weighted by Crippen LogP contribution is 2.42. The largest absolute Gasteiger partial charge is 0.481 e. The first-order valence-corrected chi connectivity index (χ1v) is 13.3. The SMILES string of the molecule is COC(=O)N1c2ccc3c(nc([C@@H](NC(C)=O)c4ccccc4)n3C3CCC(C(=O)O)CC3)c2CC[C@@H]1C. The Kier molecular flexibility index (Phi) is 7.10. The van der Waals surface area contributed by atoms with Crippen molar-refractivity contribution in [2.24, 2.45) is 5.92 Å². The Morgan fingerprint density at radius 2 is 1.76 bits per heavy atom. The van der Waals surface area contributed by atoms with Gasteiger partial charge in [-0.15, -0.1) is 0 Å². The average molecular weight is 519 g/mol. The zero-order valence-corrected chi connectivity index (χ0v) is 22.0. The monoisotopic (exact) mass is 518 g/mol. The van der Waals surface area contributed by atoms with Crippen LogP contribution in [0.4, 0.5) is 10.5 Å². The Balaban J connectivity index is 1.70. The predicted octanol–water partition coefficient (Wildman–Crippen LogP) is 4.99. The lowest BCUT2D eigenvalue weighted by Crippen LogP contribution is -2.42. The van der Waals surface area contributed by atoms with Crippen LogP contribution in [0.1, 0.15) is 75.0 Å². The van der Waals surface area contributed by atoms with Gasteiger partial charge in [0.05, 0.1) is 29.7 Å². The van der Waals surface area contributed by atoms with Gasteiger partial charge in [0.15, 0.2) is 0 Å². The number of fused-ring (bicyclic) bond motifs is 3. The number of nitrogens with one attached hydrogen (secondary N) is 1. The number of hydrogen-bond donors (Lipinski definition) is 2. The number of rotatable bonds is 5. The highest BCUT2D eigenvalue weighted by Gasteiger charge is 2.35. The van der Waals surface area contributed by atoms with E-state index in [4.69, 9.17) is 9.72 Å². The smallest absolute Gasteiger partial charge is 0.414 e. The second kappa shape index (κ2) is 10.5. The number of anilines is 1. The van der Waals surface area contributed by atoms with Crippen molar-refractivity contribution in [3.05, 3.63) is 59.4 Å². The average Bonchev–Trinajstić information content (AvgIpc) is 3.31. The van der Waals surface area contributed by atoms with E-state index < -0.39 is 18.1 Å². The van der Waals surface area contributed by atoms with Gasteiger partial charge in [-0.25, -0.2) is 9.78 Å². The van der Waals surface area contributed by atoms with Gasteiger partial charge in [0.1, 0.15) is 11.9 Å². The van der Waals surface area contributed by atoms with E-state index in [0.29, 0.717) is 25.7 Å². The van der Waals surface area contributed by atoms with Gasteiger partial charge in [0, 0.05) is 24.6 Å². The number of benzene rings is 2. The van der Waals surface area contributed by atoms with Crippen molar-refractivity contribution in [1.82, 2.24) is 14.9 Å². The van der Waals surface area contributed by atoms with Gasteiger partial charge < -0.3 is 19.7 Å². The molecule has 2 atom stereocenters. The lowest BCUT2D eigenvalue weighted by atomic mass is 9.85. The number of aryl methyl sites for hydroxylation is 1. The molecule has 2 amide bonds. The van der Waals surface area contributed by atoms with Crippen LogP contribution in [0.25, 0.3) is 11.0 Å². The zero-order chi connectivity index (χ0) is 27.0. The van der Waals surface area contributed by atoms with Gasteiger partial charge >= 0.3 is 12.1 Å². The van der Waals surface area contributed by atoms with Crippen LogP contribution >= 0.6 is 0 Å². The standard InChI is InChI=1S/C29H34N4O5/c1-17-9-14-22-23(32(17)29(37)38-3)15-16-24-26(22)31-27(25(30-18(2)34)19-7-5-4-6-8-19)33(24)21-12-10-20(11-13-21)28(35)36/h4-8,15-17,20-21,25H,9-14H2,1-3H3,(H,30,34)(H,35,36)/t17-,20?,21?,25-/m0/s1. The molecule has 9 nitrogen and oxygen atoms in total. The summed E-state index contributed by atoms with van der Waals surface area (Å²) >= 11 is 0. The molecule has 1 fully saturated rings. The van der Waals surface area contributed by atoms with E-state index in [0.717, 1.165) is 46.5 Å². The van der Waals surface area contributed by atoms with Crippen molar-refractivity contribution < 1.29 is 24.2 Å². The Morgan fingerprint density at radius 3 is 2.39 bits per heavy atom. The molecule has 3 aromatic rings. The Hall–Kier alpha value is -3.88. The molecule has 1 aliphatic carbocycles. The van der Waals surface area contributed by atoms with Crippen molar-refractivity contribution >= 4 is 34.7 Å². The van der Waals surface area contributed by atoms with E-state index in [-0.39, 0.29) is 23.9 Å². The maximum Gasteiger partial charge on any atom is 0.414 e. The third-order valence-electron chi connectivity index (χ3n) is 8.00. The van der Waals surface area contributed by atoms with E-state index in [2.05, 4.69) is 9.88 Å². The van der Waals surface area contributed by atoms with Gasteiger partial charge in [-0.2, -0.15) is 0 Å². The van der Waals surface area contributed by atoms with Crippen molar-refractivity contribution in [2.45, 2.75) is 70.5 Å². The lowest BCUT2D eigenvalue weighted by molar-refractivity contribution is -0.143. The number of carboxylic acid groups (broad SMARTS) is 1. The molecule has 1 aliphatic heterocycles. The number of carbonyl (C=O) groups excluding carboxylic acids is 2. The molecule has 5 rings (SSSR count). The molecule has 9 heteroatoms. The van der Waals surface area contributed by atoms with Crippen LogP contribution in [-0.4, -0.2) is 45.8 Å². The molecule has 2 aliphatic rings. The number of aliphatic carboxylic acids is 1. The minimum absolute atomic E-state index is 0.00306. The summed E-state index contributed by atoms with van der Waals surface area (Å²) in [5, 5.41) is 12.7. The van der Waals surface area contributed by atoms with Gasteiger partial charge in [0.2, 0.25) is 5.91 Å². The van der Waals surface area contributed by atoms with Gasteiger partial charge in [-0.1, -0.05) is 30.3 Å². The summed E-state index contributed by atoms with van der Waals surface area (Å²) in [4.78, 5) is 43.6. The van der Waals surface area contributed by atoms with Crippen molar-refractivity contribution in [1.29, 1.82) is 0 Å². The molecule has 1 saturated carbocycles. The fourth-order valence-corrected chi connectivity index (χ4v) is 6.11. The van der Waals surface area contributed by atoms with Crippen molar-refractivity contribution in [2.75, 3.05) is 12.0 Å². The van der Waals surface area contributed by atoms with Crippen molar-refractivity contribution in [3.8, 4) is 0 Å². The first-order chi connectivity index (χ1) is 18.3. The second-order valence-corrected chi connectivity index (χ2v) is 10.4. The molecule has 0 bridgehead atoms. The Morgan fingerprint density at radius 1 is 1.05 bits per heavy atom. The fourth-order valence-electron chi connectivity index (χ4n) is 6.11. The maximum absolute atomic E-state index is 12.7. The van der Waals surface area contributed by atoms with Gasteiger partial charge in [0.25, 0.3) is 0 Å². The van der Waals surface area contributed by atoms with E-state index in [1.807, 2.05) is 49.4 Å². The molecule has 0 saturated heterocycles. The third kappa shape index (κ3) is 4.61. The number of aromatic nitrogens is 2. The summed E-state index contributed by atoms with van der Waals surface area (Å²) < 4.78 is 7.30. The number of nitrogens with zero attached hydrogens (tertiary/aromatic N) is 3. The van der Waals surface area contributed by atoms with Gasteiger partial charge in [-0.3, -0.25) is 14.5 Å². The van der Waals surface area contributed by atoms with E-state index in [1.165, 1.54) is 14.0 Å². The van der Waals surface area contributed by atoms with Crippen molar-refractivity contribution in [3.63, 3.8) is 0 Å². The van der Waals surface area contributed by atoms with Crippen LogP contribution in [0.15, 0.2) is 42.5 Å². The number of carbonyl (C=O) groups is 3. The van der Waals surface area contributed by atoms with Crippen LogP contribution in [0.5, 0.6) is 0 Å². The summed E-state index contributed by atoms with van der Waals surface area (Å²) in [7, 11) is 1.39. The minimum Gasteiger partial charge on any atom is -0.481 e. The van der Waals surface area contributed by atoms with E-state index in [9.17, 15) is 19.5 Å². The first-order valence-electron chi connectivity index (χ1n) is 13.3. The van der Waals surface area contributed by atoms with E-state index in [1.54, 1.807) is 4.90 Å². The normalized spacial score (nSPS) is 22.0. The van der Waals surface area contributed by atoms with Crippen LogP contribution in [0.3, 0.4) is 0 Å². The molecular weight excluding hydrogens is 484 g/mol. The number of hydrogen-bond acceptors (Lipinski definition) is 5. The lowest BCUT2D eigenvalue weighted by Gasteiger charge is -2.34. The number of methoxy groups -OCH3 is 1. The Bertz CT molecular complexity index is 1360. The van der Waals surface area contributed by atoms with Crippen LogP contribution in [-0.2, 0) is 20.7 Å². The summed E-state index contributed by atoms with van der Waals surface area (Å²) in [6.07, 6.45) is 3.74. The van der Waals surface area contributed by atoms with Gasteiger partial charge in [-0.05, 0) is 63.1 Å². The summed E-state index contributed by atoms with van der Waals surface area (Å²) in [6.45, 7) is 3.51. The number of amides is 2. The number of carboxylic acids is 1. The minimum atomic E-state index is -0.745. The molecule has 0 spiro atoms. The number of ether oxygens (including phenoxy) is 1. The molecule has 2 N–H and O–H groups in total. The third-order valence-corrected chi connectivity index (χ3v) is 8.00. The topological polar surface area (TPSA) is 114 Å². The number of imidazole rings is 1. The highest BCUT2D eigenvalue weighted by molar-refractivity contribution is 5.95. The van der Waals surface area contributed by atoms with Crippen LogP contribution < -0.4 is 10.2 Å². The molecule has 1 aromatic heterocycles. The molecule has 0 radical (unpaired) electrons. The Labute approximate surface area is 221 Å². The quantitative estimate of drug-likeness (QED) is 0.492. The molecule has 200 valence electrons. The predicted molar refractivity (Wildman–Crippen MR) is 143 cm³/mol. The summed E-state index contributed by atoms with van der Waals surface area (Å²) in [5.74, 6) is -0.533. The molecule has 38 heavy (non-hydrogen) atoms. The molecule has 0 unspecified atom stereocenters. The molecular formula is C29H34N4O5.